The van der Waals surface area contributed by atoms with Crippen LogP contribution in [0.25, 0.3) is 10.9 Å². The number of fused-ring (bicyclic) bond motifs is 1. The van der Waals surface area contributed by atoms with Crippen LogP contribution in [0.5, 0.6) is 5.75 Å². The molecular weight excluding hydrogens is 355 g/mol. The molecule has 0 unspecified atom stereocenters. The van der Waals surface area contributed by atoms with Crippen molar-refractivity contribution < 1.29 is 4.43 Å². The SMILES string of the molecule is CC(C)(C)[Si](C)(C)Oc1ccc2c(I)n[nH]c2c1. The Balaban J connectivity index is 2.33. The molecule has 0 aliphatic carbocycles. The normalized spacial score (nSPS) is 13.0. The van der Waals surface area contributed by atoms with Crippen LogP contribution in [0.4, 0.5) is 0 Å². The fourth-order valence-electron chi connectivity index (χ4n) is 1.48. The van der Waals surface area contributed by atoms with E-state index in [0.29, 0.717) is 0 Å². The number of nitrogens with zero attached hydrogens (tertiary/aromatic N) is 1. The van der Waals surface area contributed by atoms with Gasteiger partial charge in [-0.05, 0) is 52.9 Å². The molecule has 0 bridgehead atoms. The average Bonchev–Trinajstić information content (AvgIpc) is 2.58. The molecule has 1 N–H and O–H groups in total. The Morgan fingerprint density at radius 3 is 2.56 bits per heavy atom. The molecule has 1 aromatic heterocycles. The summed E-state index contributed by atoms with van der Waals surface area (Å²) < 4.78 is 7.27. The molecule has 0 aliphatic rings. The van der Waals surface area contributed by atoms with E-state index in [1.807, 2.05) is 12.1 Å². The van der Waals surface area contributed by atoms with Crippen LogP contribution in [-0.4, -0.2) is 18.5 Å². The van der Waals surface area contributed by atoms with Gasteiger partial charge in [-0.25, -0.2) is 0 Å². The van der Waals surface area contributed by atoms with Gasteiger partial charge in [0, 0.05) is 11.5 Å². The number of hydrogen-bond donors (Lipinski definition) is 1. The molecule has 0 aliphatic heterocycles. The van der Waals surface area contributed by atoms with Gasteiger partial charge in [-0.3, -0.25) is 5.10 Å². The fourth-order valence-corrected chi connectivity index (χ4v) is 3.09. The summed E-state index contributed by atoms with van der Waals surface area (Å²) in [5.41, 5.74) is 1.04. The average molecular weight is 374 g/mol. The van der Waals surface area contributed by atoms with E-state index < -0.39 is 8.32 Å². The van der Waals surface area contributed by atoms with Crippen molar-refractivity contribution in [2.24, 2.45) is 0 Å². The summed E-state index contributed by atoms with van der Waals surface area (Å²) in [6, 6.07) is 6.16. The van der Waals surface area contributed by atoms with Crippen LogP contribution >= 0.6 is 22.6 Å². The van der Waals surface area contributed by atoms with E-state index in [0.717, 1.165) is 20.4 Å². The number of aromatic nitrogens is 2. The van der Waals surface area contributed by atoms with E-state index >= 15 is 0 Å². The predicted octanol–water partition coefficient (Wildman–Crippen LogP) is 4.55. The molecule has 0 spiro atoms. The maximum Gasteiger partial charge on any atom is 0.250 e. The van der Waals surface area contributed by atoms with Gasteiger partial charge in [0.15, 0.2) is 0 Å². The summed E-state index contributed by atoms with van der Waals surface area (Å²) in [7, 11) is -1.76. The second kappa shape index (κ2) is 4.52. The van der Waals surface area contributed by atoms with Crippen molar-refractivity contribution in [3.63, 3.8) is 0 Å². The summed E-state index contributed by atoms with van der Waals surface area (Å²) in [5.74, 6) is 0.939. The number of halogens is 1. The molecule has 0 fully saturated rings. The van der Waals surface area contributed by atoms with Gasteiger partial charge in [0.05, 0.1) is 5.52 Å². The third-order valence-corrected chi connectivity index (χ3v) is 8.85. The van der Waals surface area contributed by atoms with Crippen molar-refractivity contribution in [3.05, 3.63) is 21.9 Å². The third-order valence-electron chi connectivity index (χ3n) is 3.67. The van der Waals surface area contributed by atoms with Crippen LogP contribution in [0.2, 0.25) is 18.1 Å². The number of aromatic amines is 1. The first kappa shape index (κ1) is 13.9. The maximum atomic E-state index is 6.27. The Bertz CT molecular complexity index is 572. The highest BCUT2D eigenvalue weighted by molar-refractivity contribution is 14.1. The second-order valence-corrected chi connectivity index (χ2v) is 11.8. The molecule has 98 valence electrons. The zero-order valence-corrected chi connectivity index (χ0v) is 14.6. The molecule has 5 heteroatoms. The lowest BCUT2D eigenvalue weighted by Gasteiger charge is -2.36. The predicted molar refractivity (Wildman–Crippen MR) is 86.6 cm³/mol. The third kappa shape index (κ3) is 2.56. The second-order valence-electron chi connectivity index (χ2n) is 6.08. The van der Waals surface area contributed by atoms with E-state index in [1.165, 1.54) is 0 Å². The van der Waals surface area contributed by atoms with E-state index in [9.17, 15) is 0 Å². The molecule has 0 saturated carbocycles. The lowest BCUT2D eigenvalue weighted by atomic mass is 10.2. The van der Waals surface area contributed by atoms with Crippen molar-refractivity contribution in [2.75, 3.05) is 0 Å². The van der Waals surface area contributed by atoms with Gasteiger partial charge in [-0.2, -0.15) is 5.10 Å². The van der Waals surface area contributed by atoms with Gasteiger partial charge in [-0.15, -0.1) is 0 Å². The minimum absolute atomic E-state index is 0.213. The van der Waals surface area contributed by atoms with Gasteiger partial charge >= 0.3 is 0 Å². The van der Waals surface area contributed by atoms with Crippen molar-refractivity contribution >= 4 is 41.8 Å². The van der Waals surface area contributed by atoms with Crippen molar-refractivity contribution in [1.29, 1.82) is 0 Å². The number of nitrogens with one attached hydrogen (secondary N) is 1. The maximum absolute atomic E-state index is 6.27. The smallest absolute Gasteiger partial charge is 0.250 e. The Kier molecular flexibility index (Phi) is 3.48. The zero-order valence-electron chi connectivity index (χ0n) is 11.5. The highest BCUT2D eigenvalue weighted by Crippen LogP contribution is 2.37. The number of hydrogen-bond acceptors (Lipinski definition) is 2. The highest BCUT2D eigenvalue weighted by atomic mass is 127. The minimum Gasteiger partial charge on any atom is -0.543 e. The van der Waals surface area contributed by atoms with Gasteiger partial charge in [0.2, 0.25) is 8.32 Å². The minimum atomic E-state index is -1.76. The molecule has 3 nitrogen and oxygen atoms in total. The fraction of sp³-hybridized carbons (Fsp3) is 0.462. The summed E-state index contributed by atoms with van der Waals surface area (Å²) in [4.78, 5) is 0. The van der Waals surface area contributed by atoms with Crippen molar-refractivity contribution in [3.8, 4) is 5.75 Å². The molecule has 1 aromatic carbocycles. The summed E-state index contributed by atoms with van der Waals surface area (Å²) >= 11 is 2.23. The Labute approximate surface area is 123 Å². The van der Waals surface area contributed by atoms with Crippen molar-refractivity contribution in [2.45, 2.75) is 38.9 Å². The number of H-pyrrole nitrogens is 1. The van der Waals surface area contributed by atoms with Gasteiger partial charge in [-0.1, -0.05) is 20.8 Å². The molecule has 1 heterocycles. The van der Waals surface area contributed by atoms with Crippen LogP contribution in [-0.2, 0) is 0 Å². The first-order valence-electron chi connectivity index (χ1n) is 6.03. The molecule has 0 saturated heterocycles. The monoisotopic (exact) mass is 374 g/mol. The van der Waals surface area contributed by atoms with E-state index in [2.05, 4.69) is 72.7 Å². The summed E-state index contributed by atoms with van der Waals surface area (Å²) in [6.45, 7) is 11.3. The standard InChI is InChI=1S/C13H19IN2OSi/c1-13(2,3)18(4,5)17-9-6-7-10-11(8-9)15-16-12(10)14/h6-8H,1-5H3,(H,15,16). The Hall–Kier alpha value is -0.563. The van der Waals surface area contributed by atoms with Crippen LogP contribution < -0.4 is 4.43 Å². The molecule has 0 amide bonds. The topological polar surface area (TPSA) is 37.9 Å². The molecule has 2 rings (SSSR count). The summed E-state index contributed by atoms with van der Waals surface area (Å²) in [5, 5.41) is 8.59. The number of benzene rings is 1. The van der Waals surface area contributed by atoms with E-state index in [4.69, 9.17) is 4.43 Å². The van der Waals surface area contributed by atoms with E-state index in [-0.39, 0.29) is 5.04 Å². The van der Waals surface area contributed by atoms with Crippen LogP contribution in [0.15, 0.2) is 18.2 Å². The number of rotatable bonds is 2. The first-order chi connectivity index (χ1) is 8.21. The Morgan fingerprint density at radius 1 is 1.28 bits per heavy atom. The quantitative estimate of drug-likeness (QED) is 0.619. The molecule has 2 aromatic rings. The lowest BCUT2D eigenvalue weighted by Crippen LogP contribution is -2.43. The highest BCUT2D eigenvalue weighted by Gasteiger charge is 2.38. The molecule has 18 heavy (non-hydrogen) atoms. The molecular formula is C13H19IN2OSi. The van der Waals surface area contributed by atoms with E-state index in [1.54, 1.807) is 0 Å². The summed E-state index contributed by atoms with van der Waals surface area (Å²) in [6.07, 6.45) is 0. The molecule has 0 atom stereocenters. The van der Waals surface area contributed by atoms with Crippen molar-refractivity contribution in [1.82, 2.24) is 10.2 Å². The lowest BCUT2D eigenvalue weighted by molar-refractivity contribution is 0.492. The van der Waals surface area contributed by atoms with Crippen LogP contribution in [0.3, 0.4) is 0 Å². The van der Waals surface area contributed by atoms with Crippen LogP contribution in [0, 0.1) is 3.70 Å². The van der Waals surface area contributed by atoms with Gasteiger partial charge < -0.3 is 4.43 Å². The Morgan fingerprint density at radius 2 is 1.94 bits per heavy atom. The zero-order chi connectivity index (χ0) is 13.6. The molecule has 0 radical (unpaired) electrons. The first-order valence-corrected chi connectivity index (χ1v) is 10.0. The van der Waals surface area contributed by atoms with Gasteiger partial charge in [0.25, 0.3) is 0 Å². The van der Waals surface area contributed by atoms with Crippen LogP contribution in [0.1, 0.15) is 20.8 Å². The largest absolute Gasteiger partial charge is 0.543 e. The van der Waals surface area contributed by atoms with Gasteiger partial charge in [0.1, 0.15) is 9.45 Å².